The summed E-state index contributed by atoms with van der Waals surface area (Å²) in [4.78, 5) is 20.6. The number of oxazole rings is 1. The zero-order valence-electron chi connectivity index (χ0n) is 15.2. The number of amides is 1. The number of aryl methyl sites for hydroxylation is 1. The van der Waals surface area contributed by atoms with Crippen LogP contribution in [0.2, 0.25) is 0 Å². The molecule has 6 nitrogen and oxygen atoms in total. The first-order chi connectivity index (χ1) is 13.2. The maximum atomic E-state index is 12.3. The Kier molecular flexibility index (Phi) is 5.53. The maximum Gasteiger partial charge on any atom is 0.422 e. The van der Waals surface area contributed by atoms with Crippen LogP contribution in [-0.4, -0.2) is 28.7 Å². The van der Waals surface area contributed by atoms with E-state index in [0.29, 0.717) is 22.7 Å². The number of hydrogen-bond acceptors (Lipinski definition) is 5. The van der Waals surface area contributed by atoms with E-state index < -0.39 is 18.8 Å². The monoisotopic (exact) mass is 393 g/mol. The number of rotatable bonds is 6. The second-order valence-corrected chi connectivity index (χ2v) is 6.32. The van der Waals surface area contributed by atoms with Crippen LogP contribution in [0.15, 0.2) is 40.9 Å². The fourth-order valence-electron chi connectivity index (χ4n) is 2.65. The Labute approximate surface area is 158 Å². The molecule has 1 aromatic carbocycles. The number of carbonyl (C=O) groups excluding carboxylic acids is 1. The molecule has 1 atom stereocenters. The zero-order valence-corrected chi connectivity index (χ0v) is 15.2. The number of fused-ring (bicyclic) bond motifs is 1. The molecule has 0 spiro atoms. The van der Waals surface area contributed by atoms with E-state index in [2.05, 4.69) is 20.0 Å². The second kappa shape index (κ2) is 7.87. The Morgan fingerprint density at radius 3 is 2.75 bits per heavy atom. The summed E-state index contributed by atoms with van der Waals surface area (Å²) in [5, 5.41) is 2.81. The minimum Gasteiger partial charge on any atom is -0.483 e. The first-order valence-corrected chi connectivity index (χ1v) is 8.50. The molecule has 2 heterocycles. The largest absolute Gasteiger partial charge is 0.483 e. The van der Waals surface area contributed by atoms with Crippen LogP contribution in [0.4, 0.5) is 13.2 Å². The first-order valence-electron chi connectivity index (χ1n) is 8.50. The molecule has 1 N–H and O–H groups in total. The number of carbonyl (C=O) groups is 1. The van der Waals surface area contributed by atoms with E-state index in [1.807, 2.05) is 0 Å². The molecule has 1 amide bonds. The van der Waals surface area contributed by atoms with E-state index in [1.54, 1.807) is 32.0 Å². The molecule has 0 saturated carbocycles. The average Bonchev–Trinajstić information content (AvgIpc) is 2.99. The van der Waals surface area contributed by atoms with Gasteiger partial charge in [-0.05, 0) is 36.8 Å². The number of aromatic nitrogens is 2. The van der Waals surface area contributed by atoms with E-state index in [1.165, 1.54) is 18.3 Å². The summed E-state index contributed by atoms with van der Waals surface area (Å²) in [6.45, 7) is 2.11. The molecule has 3 rings (SSSR count). The van der Waals surface area contributed by atoms with Crippen molar-refractivity contribution in [3.63, 3.8) is 0 Å². The lowest BCUT2D eigenvalue weighted by Crippen LogP contribution is -2.28. The first kappa shape index (κ1) is 19.7. The van der Waals surface area contributed by atoms with Crippen molar-refractivity contribution < 1.29 is 27.1 Å². The molecule has 0 saturated heterocycles. The number of ether oxygens (including phenoxy) is 1. The Morgan fingerprint density at radius 1 is 1.29 bits per heavy atom. The molecule has 3 aromatic rings. The molecule has 9 heteroatoms. The molecule has 28 heavy (non-hydrogen) atoms. The van der Waals surface area contributed by atoms with Gasteiger partial charge in [0.05, 0.1) is 24.4 Å². The number of hydrogen-bond donors (Lipinski definition) is 1. The van der Waals surface area contributed by atoms with Crippen molar-refractivity contribution >= 4 is 17.0 Å². The number of benzene rings is 1. The number of nitrogens with one attached hydrogen (secondary N) is 1. The second-order valence-electron chi connectivity index (χ2n) is 6.32. The van der Waals surface area contributed by atoms with Crippen LogP contribution in [0.25, 0.3) is 11.1 Å². The van der Waals surface area contributed by atoms with Crippen LogP contribution >= 0.6 is 0 Å². The third-order valence-corrected chi connectivity index (χ3v) is 3.91. The molecule has 0 bridgehead atoms. The topological polar surface area (TPSA) is 77.2 Å². The van der Waals surface area contributed by atoms with Gasteiger partial charge in [-0.3, -0.25) is 9.78 Å². The van der Waals surface area contributed by atoms with Crippen molar-refractivity contribution in [2.24, 2.45) is 0 Å². The van der Waals surface area contributed by atoms with Crippen LogP contribution in [0, 0.1) is 6.92 Å². The van der Waals surface area contributed by atoms with E-state index in [0.717, 1.165) is 5.56 Å². The Bertz CT molecular complexity index is 968. The van der Waals surface area contributed by atoms with Gasteiger partial charge in [-0.25, -0.2) is 4.98 Å². The third kappa shape index (κ3) is 5.21. The standard InChI is InChI=1S/C19H18F3N3O3/c1-11(15-5-4-14(9-23-15)27-10-19(20,21)22)24-18(26)8-13-3-6-17-16(7-13)25-12(2)28-17/h3-7,9,11H,8,10H2,1-2H3,(H,24,26)/t11-/m1/s1. The highest BCUT2D eigenvalue weighted by Gasteiger charge is 2.28. The van der Waals surface area contributed by atoms with Crippen molar-refractivity contribution in [1.29, 1.82) is 0 Å². The van der Waals surface area contributed by atoms with Crippen molar-refractivity contribution in [2.75, 3.05) is 6.61 Å². The molecular weight excluding hydrogens is 375 g/mol. The Morgan fingerprint density at radius 2 is 2.07 bits per heavy atom. The van der Waals surface area contributed by atoms with Crippen molar-refractivity contribution in [3.05, 3.63) is 53.7 Å². The molecule has 0 unspecified atom stereocenters. The van der Waals surface area contributed by atoms with Gasteiger partial charge in [0, 0.05) is 6.92 Å². The highest BCUT2D eigenvalue weighted by molar-refractivity contribution is 5.81. The van der Waals surface area contributed by atoms with Gasteiger partial charge < -0.3 is 14.5 Å². The fourth-order valence-corrected chi connectivity index (χ4v) is 2.65. The highest BCUT2D eigenvalue weighted by Crippen LogP contribution is 2.20. The Hall–Kier alpha value is -3.10. The van der Waals surface area contributed by atoms with Crippen LogP contribution in [0.5, 0.6) is 5.75 Å². The van der Waals surface area contributed by atoms with E-state index in [4.69, 9.17) is 4.42 Å². The summed E-state index contributed by atoms with van der Waals surface area (Å²) in [7, 11) is 0. The summed E-state index contributed by atoms with van der Waals surface area (Å²) >= 11 is 0. The van der Waals surface area contributed by atoms with E-state index >= 15 is 0 Å². The number of alkyl halides is 3. The minimum atomic E-state index is -4.41. The number of nitrogens with zero attached hydrogens (tertiary/aromatic N) is 2. The summed E-state index contributed by atoms with van der Waals surface area (Å²) < 4.78 is 46.5. The molecular formula is C19H18F3N3O3. The molecule has 2 aromatic heterocycles. The lowest BCUT2D eigenvalue weighted by molar-refractivity contribution is -0.153. The SMILES string of the molecule is Cc1nc2cc(CC(=O)N[C@H](C)c3ccc(OCC(F)(F)F)cn3)ccc2o1. The van der Waals surface area contributed by atoms with Crippen LogP contribution in [-0.2, 0) is 11.2 Å². The molecule has 0 aliphatic carbocycles. The third-order valence-electron chi connectivity index (χ3n) is 3.91. The number of pyridine rings is 1. The van der Waals surface area contributed by atoms with Gasteiger partial charge in [0.25, 0.3) is 0 Å². The van der Waals surface area contributed by atoms with Crippen LogP contribution in [0.3, 0.4) is 0 Å². The van der Waals surface area contributed by atoms with Gasteiger partial charge in [0.1, 0.15) is 11.3 Å². The predicted octanol–water partition coefficient (Wildman–Crippen LogP) is 3.89. The van der Waals surface area contributed by atoms with Gasteiger partial charge >= 0.3 is 6.18 Å². The molecule has 148 valence electrons. The Balaban J connectivity index is 1.57. The summed E-state index contributed by atoms with van der Waals surface area (Å²) in [6.07, 6.45) is -3.06. The maximum absolute atomic E-state index is 12.3. The molecule has 0 aliphatic heterocycles. The van der Waals surface area contributed by atoms with Gasteiger partial charge in [-0.1, -0.05) is 6.07 Å². The normalized spacial score (nSPS) is 12.8. The molecule has 0 fully saturated rings. The lowest BCUT2D eigenvalue weighted by atomic mass is 10.1. The van der Waals surface area contributed by atoms with Crippen LogP contribution < -0.4 is 10.1 Å². The van der Waals surface area contributed by atoms with Crippen LogP contribution in [0.1, 0.15) is 30.1 Å². The van der Waals surface area contributed by atoms with Gasteiger partial charge in [0.2, 0.25) is 5.91 Å². The van der Waals surface area contributed by atoms with Gasteiger partial charge in [-0.2, -0.15) is 13.2 Å². The zero-order chi connectivity index (χ0) is 20.3. The predicted molar refractivity (Wildman–Crippen MR) is 94.8 cm³/mol. The minimum absolute atomic E-state index is 0.0100. The van der Waals surface area contributed by atoms with Crippen molar-refractivity contribution in [3.8, 4) is 5.75 Å². The summed E-state index contributed by atoms with van der Waals surface area (Å²) in [6, 6.07) is 7.84. The average molecular weight is 393 g/mol. The summed E-state index contributed by atoms with van der Waals surface area (Å²) in [5.41, 5.74) is 2.64. The van der Waals surface area contributed by atoms with E-state index in [9.17, 15) is 18.0 Å². The van der Waals surface area contributed by atoms with Crippen molar-refractivity contribution in [1.82, 2.24) is 15.3 Å². The van der Waals surface area contributed by atoms with Gasteiger partial charge in [0.15, 0.2) is 18.1 Å². The van der Waals surface area contributed by atoms with E-state index in [-0.39, 0.29) is 18.1 Å². The molecule has 0 aliphatic rings. The smallest absolute Gasteiger partial charge is 0.422 e. The highest BCUT2D eigenvalue weighted by atomic mass is 19.4. The quantitative estimate of drug-likeness (QED) is 0.688. The fraction of sp³-hybridized carbons (Fsp3) is 0.316. The number of halogens is 3. The van der Waals surface area contributed by atoms with Gasteiger partial charge in [-0.15, -0.1) is 0 Å². The summed E-state index contributed by atoms with van der Waals surface area (Å²) in [5.74, 6) is 0.348. The molecule has 0 radical (unpaired) electrons. The van der Waals surface area contributed by atoms with Crippen molar-refractivity contribution in [2.45, 2.75) is 32.5 Å². The lowest BCUT2D eigenvalue weighted by Gasteiger charge is -2.14.